The van der Waals surface area contributed by atoms with E-state index in [9.17, 15) is 4.79 Å². The number of benzene rings is 1. The first-order valence-electron chi connectivity index (χ1n) is 5.86. The van der Waals surface area contributed by atoms with Gasteiger partial charge in [0.2, 0.25) is 0 Å². The van der Waals surface area contributed by atoms with Crippen LogP contribution in [0.4, 0.5) is 0 Å². The first kappa shape index (κ1) is 10.5. The fraction of sp³-hybridized carbons (Fsp3) is 0.357. The molecule has 1 aliphatic rings. The summed E-state index contributed by atoms with van der Waals surface area (Å²) in [7, 11) is 4.12. The van der Waals surface area contributed by atoms with E-state index < -0.39 is 0 Å². The topological polar surface area (TPSA) is 25.2 Å². The highest BCUT2D eigenvalue weighted by molar-refractivity contribution is 6.07. The Morgan fingerprint density at radius 2 is 1.82 bits per heavy atom. The summed E-state index contributed by atoms with van der Waals surface area (Å²) in [6.45, 7) is 3.62. The van der Waals surface area contributed by atoms with Crippen molar-refractivity contribution in [3.8, 4) is 0 Å². The fourth-order valence-corrected chi connectivity index (χ4v) is 2.73. The summed E-state index contributed by atoms with van der Waals surface area (Å²) >= 11 is 0. The van der Waals surface area contributed by atoms with Crippen molar-refractivity contribution < 1.29 is 4.79 Å². The van der Waals surface area contributed by atoms with Gasteiger partial charge in [0.05, 0.1) is 0 Å². The number of carbonyl (C=O) groups excluding carboxylic acids is 1. The van der Waals surface area contributed by atoms with E-state index in [-0.39, 0.29) is 5.78 Å². The summed E-state index contributed by atoms with van der Waals surface area (Å²) in [5.74, 6) is 0.141. The number of carbonyl (C=O) groups is 1. The molecule has 0 unspecified atom stereocenters. The van der Waals surface area contributed by atoms with Crippen LogP contribution in [-0.2, 0) is 20.1 Å². The second-order valence-corrected chi connectivity index (χ2v) is 5.02. The van der Waals surface area contributed by atoms with E-state index in [1.54, 1.807) is 6.92 Å². The molecule has 0 aliphatic carbocycles. The Labute approximate surface area is 101 Å². The van der Waals surface area contributed by atoms with Gasteiger partial charge in [-0.05, 0) is 37.2 Å². The average molecular weight is 228 g/mol. The smallest absolute Gasteiger partial charge is 0.161 e. The number of aromatic nitrogens is 1. The zero-order valence-corrected chi connectivity index (χ0v) is 10.4. The van der Waals surface area contributed by atoms with Crippen molar-refractivity contribution in [2.45, 2.75) is 20.0 Å². The first-order valence-corrected chi connectivity index (χ1v) is 5.86. The van der Waals surface area contributed by atoms with Gasteiger partial charge >= 0.3 is 0 Å². The van der Waals surface area contributed by atoms with Crippen molar-refractivity contribution in [3.63, 3.8) is 0 Å². The molecule has 0 amide bonds. The predicted octanol–water partition coefficient (Wildman–Crippen LogP) is 2.33. The Hall–Kier alpha value is -1.61. The molecule has 3 heteroatoms. The molecule has 0 bridgehead atoms. The number of hydrogen-bond acceptors (Lipinski definition) is 2. The maximum Gasteiger partial charge on any atom is 0.161 e. The normalized spacial score (nSPS) is 15.5. The van der Waals surface area contributed by atoms with Crippen LogP contribution in [0.25, 0.3) is 10.9 Å². The summed E-state index contributed by atoms with van der Waals surface area (Å²) in [5, 5.41) is 1.09. The van der Waals surface area contributed by atoms with E-state index in [2.05, 4.69) is 24.1 Å². The van der Waals surface area contributed by atoms with Crippen molar-refractivity contribution >= 4 is 16.7 Å². The molecule has 0 atom stereocenters. The molecular formula is C14H16N2O. The van der Waals surface area contributed by atoms with Gasteiger partial charge in [-0.15, -0.1) is 0 Å². The van der Waals surface area contributed by atoms with Gasteiger partial charge in [0.1, 0.15) is 0 Å². The highest BCUT2D eigenvalue weighted by Crippen LogP contribution is 2.29. The SMILES string of the molecule is CC(=O)c1cn(C)c2cc3c(cc12)CN(C)C3. The van der Waals surface area contributed by atoms with Crippen LogP contribution in [-0.4, -0.2) is 22.3 Å². The van der Waals surface area contributed by atoms with Gasteiger partial charge in [0.15, 0.2) is 5.78 Å². The van der Waals surface area contributed by atoms with Crippen LogP contribution < -0.4 is 0 Å². The molecule has 0 saturated heterocycles. The third-order valence-electron chi connectivity index (χ3n) is 3.57. The van der Waals surface area contributed by atoms with Crippen LogP contribution in [0.1, 0.15) is 28.4 Å². The molecule has 1 aromatic heterocycles. The summed E-state index contributed by atoms with van der Waals surface area (Å²) in [6.07, 6.45) is 1.94. The molecule has 0 spiro atoms. The predicted molar refractivity (Wildman–Crippen MR) is 68.1 cm³/mol. The molecule has 17 heavy (non-hydrogen) atoms. The van der Waals surface area contributed by atoms with Crippen molar-refractivity contribution in [2.24, 2.45) is 7.05 Å². The number of Topliss-reactive ketones (excluding diaryl/α,β-unsaturated/α-hetero) is 1. The fourth-order valence-electron chi connectivity index (χ4n) is 2.73. The Kier molecular flexibility index (Phi) is 2.13. The third-order valence-corrected chi connectivity index (χ3v) is 3.57. The van der Waals surface area contributed by atoms with Gasteiger partial charge in [0.25, 0.3) is 0 Å². The van der Waals surface area contributed by atoms with Crippen molar-refractivity contribution in [1.82, 2.24) is 9.47 Å². The molecule has 88 valence electrons. The third kappa shape index (κ3) is 1.50. The lowest BCUT2D eigenvalue weighted by Crippen LogP contribution is -2.07. The molecule has 0 saturated carbocycles. The lowest BCUT2D eigenvalue weighted by molar-refractivity contribution is 0.101. The van der Waals surface area contributed by atoms with Crippen molar-refractivity contribution in [3.05, 3.63) is 35.0 Å². The minimum Gasteiger partial charge on any atom is -0.350 e. The maximum atomic E-state index is 11.6. The number of fused-ring (bicyclic) bond motifs is 2. The number of aryl methyl sites for hydroxylation is 1. The van der Waals surface area contributed by atoms with Gasteiger partial charge in [-0.25, -0.2) is 0 Å². The van der Waals surface area contributed by atoms with E-state index >= 15 is 0 Å². The highest BCUT2D eigenvalue weighted by Gasteiger charge is 2.19. The minimum absolute atomic E-state index is 0.141. The number of ketones is 1. The molecule has 2 aromatic rings. The van der Waals surface area contributed by atoms with E-state index in [1.165, 1.54) is 11.1 Å². The minimum atomic E-state index is 0.141. The zero-order valence-electron chi connectivity index (χ0n) is 10.4. The van der Waals surface area contributed by atoms with Crippen LogP contribution in [0, 0.1) is 0 Å². The molecule has 1 aliphatic heterocycles. The molecule has 3 rings (SSSR count). The van der Waals surface area contributed by atoms with Crippen LogP contribution in [0.2, 0.25) is 0 Å². The quantitative estimate of drug-likeness (QED) is 0.700. The largest absolute Gasteiger partial charge is 0.350 e. The number of rotatable bonds is 1. The molecule has 0 fully saturated rings. The van der Waals surface area contributed by atoms with Crippen LogP contribution >= 0.6 is 0 Å². The molecule has 0 N–H and O–H groups in total. The Morgan fingerprint density at radius 1 is 1.18 bits per heavy atom. The van der Waals surface area contributed by atoms with Crippen LogP contribution in [0.5, 0.6) is 0 Å². The van der Waals surface area contributed by atoms with Crippen molar-refractivity contribution in [2.75, 3.05) is 7.05 Å². The van der Waals surface area contributed by atoms with Gasteiger partial charge in [-0.3, -0.25) is 9.69 Å². The number of hydrogen-bond donors (Lipinski definition) is 0. The summed E-state index contributed by atoms with van der Waals surface area (Å²) in [5.41, 5.74) is 4.73. The average Bonchev–Trinajstić information content (AvgIpc) is 2.75. The van der Waals surface area contributed by atoms with Gasteiger partial charge in [-0.1, -0.05) is 0 Å². The van der Waals surface area contributed by atoms with Gasteiger partial charge in [-0.2, -0.15) is 0 Å². The molecule has 3 nitrogen and oxygen atoms in total. The van der Waals surface area contributed by atoms with E-state index in [1.807, 2.05) is 17.8 Å². The van der Waals surface area contributed by atoms with E-state index in [4.69, 9.17) is 0 Å². The van der Waals surface area contributed by atoms with Gasteiger partial charge in [0, 0.05) is 42.8 Å². The highest BCUT2D eigenvalue weighted by atomic mass is 16.1. The summed E-state index contributed by atoms with van der Waals surface area (Å²) in [4.78, 5) is 13.9. The van der Waals surface area contributed by atoms with Crippen molar-refractivity contribution in [1.29, 1.82) is 0 Å². The van der Waals surface area contributed by atoms with Crippen LogP contribution in [0.3, 0.4) is 0 Å². The monoisotopic (exact) mass is 228 g/mol. The lowest BCUT2D eigenvalue weighted by Gasteiger charge is -2.02. The second-order valence-electron chi connectivity index (χ2n) is 5.02. The first-order chi connectivity index (χ1) is 8.06. The summed E-state index contributed by atoms with van der Waals surface area (Å²) < 4.78 is 2.05. The maximum absolute atomic E-state index is 11.6. The van der Waals surface area contributed by atoms with Gasteiger partial charge < -0.3 is 4.57 Å². The second kappa shape index (κ2) is 3.44. The molecule has 1 aromatic carbocycles. The van der Waals surface area contributed by atoms with E-state index in [0.717, 1.165) is 29.6 Å². The Morgan fingerprint density at radius 3 is 2.47 bits per heavy atom. The Balaban J connectivity index is 2.30. The van der Waals surface area contributed by atoms with Crippen LogP contribution in [0.15, 0.2) is 18.3 Å². The zero-order chi connectivity index (χ0) is 12.2. The molecule has 0 radical (unpaired) electrons. The molecular weight excluding hydrogens is 212 g/mol. The summed E-state index contributed by atoms with van der Waals surface area (Å²) in [6, 6.07) is 4.41. The standard InChI is InChI=1S/C14H16N2O/c1-9(17)13-8-16(3)14-5-11-7-15(2)6-10(11)4-12(13)14/h4-5,8H,6-7H2,1-3H3. The Bertz CT molecular complexity index is 625. The number of nitrogens with zero attached hydrogens (tertiary/aromatic N) is 2. The molecule has 2 heterocycles. The lowest BCUT2D eigenvalue weighted by atomic mass is 10.0. The van der Waals surface area contributed by atoms with E-state index in [0.29, 0.717) is 0 Å².